The van der Waals surface area contributed by atoms with Crippen molar-refractivity contribution in [2.24, 2.45) is 11.7 Å². The fraction of sp³-hybridized carbons (Fsp3) is 0.278. The topological polar surface area (TPSA) is 83.5 Å². The Bertz CT molecular complexity index is 610. The molecule has 0 heterocycles. The molecule has 4 heteroatoms. The number of aliphatic hydroxyl groups excluding tert-OH is 1. The Morgan fingerprint density at radius 1 is 1.09 bits per heavy atom. The maximum Gasteiger partial charge on any atom is 0.335 e. The zero-order valence-corrected chi connectivity index (χ0v) is 12.5. The van der Waals surface area contributed by atoms with E-state index in [4.69, 9.17) is 10.8 Å². The number of hydrogen-bond acceptors (Lipinski definition) is 3. The van der Waals surface area contributed by atoms with Gasteiger partial charge in [-0.15, -0.1) is 0 Å². The Morgan fingerprint density at radius 2 is 1.68 bits per heavy atom. The second-order valence-corrected chi connectivity index (χ2v) is 5.62. The highest BCUT2D eigenvalue weighted by atomic mass is 16.4. The van der Waals surface area contributed by atoms with Gasteiger partial charge in [0.2, 0.25) is 0 Å². The van der Waals surface area contributed by atoms with Crippen LogP contribution in [0.25, 0.3) is 0 Å². The predicted octanol–water partition coefficient (Wildman–Crippen LogP) is 2.62. The van der Waals surface area contributed by atoms with Crippen molar-refractivity contribution in [1.82, 2.24) is 0 Å². The van der Waals surface area contributed by atoms with E-state index in [1.165, 1.54) is 0 Å². The first-order chi connectivity index (χ1) is 10.5. The molecule has 0 bridgehead atoms. The van der Waals surface area contributed by atoms with E-state index in [1.807, 2.05) is 37.3 Å². The molecule has 22 heavy (non-hydrogen) atoms. The maximum absolute atomic E-state index is 10.8. The van der Waals surface area contributed by atoms with Gasteiger partial charge >= 0.3 is 5.97 Å². The zero-order valence-electron chi connectivity index (χ0n) is 12.5. The molecule has 0 aliphatic carbocycles. The minimum absolute atomic E-state index is 0.0610. The van der Waals surface area contributed by atoms with Crippen molar-refractivity contribution in [1.29, 1.82) is 0 Å². The van der Waals surface area contributed by atoms with Crippen LogP contribution in [0.4, 0.5) is 0 Å². The Morgan fingerprint density at radius 3 is 2.23 bits per heavy atom. The minimum atomic E-state index is -0.934. The van der Waals surface area contributed by atoms with Gasteiger partial charge in [0.25, 0.3) is 0 Å². The minimum Gasteiger partial charge on any atom is -0.478 e. The molecule has 0 radical (unpaired) electrons. The summed E-state index contributed by atoms with van der Waals surface area (Å²) in [5, 5.41) is 19.2. The van der Waals surface area contributed by atoms with Gasteiger partial charge in [-0.1, -0.05) is 49.4 Å². The number of nitrogens with two attached hydrogens (primary N) is 1. The number of rotatable bonds is 6. The number of aromatic carboxylic acids is 1. The van der Waals surface area contributed by atoms with E-state index in [1.54, 1.807) is 24.3 Å². The average molecular weight is 299 g/mol. The van der Waals surface area contributed by atoms with E-state index < -0.39 is 12.1 Å². The van der Waals surface area contributed by atoms with Crippen molar-refractivity contribution in [3.05, 3.63) is 71.3 Å². The van der Waals surface area contributed by atoms with Crippen LogP contribution in [0.15, 0.2) is 54.6 Å². The zero-order chi connectivity index (χ0) is 16.1. The summed E-state index contributed by atoms with van der Waals surface area (Å²) < 4.78 is 0. The van der Waals surface area contributed by atoms with E-state index in [0.29, 0.717) is 6.42 Å². The molecule has 2 rings (SSSR count). The van der Waals surface area contributed by atoms with E-state index in [9.17, 15) is 9.90 Å². The first-order valence-electron chi connectivity index (χ1n) is 7.30. The summed E-state index contributed by atoms with van der Waals surface area (Å²) in [6, 6.07) is 15.7. The monoisotopic (exact) mass is 299 g/mol. The Hall–Kier alpha value is -2.17. The summed E-state index contributed by atoms with van der Waals surface area (Å²) in [6.07, 6.45) is -0.0280. The molecule has 0 saturated heterocycles. The number of hydrogen-bond donors (Lipinski definition) is 3. The third-order valence-electron chi connectivity index (χ3n) is 3.92. The summed E-state index contributed by atoms with van der Waals surface area (Å²) >= 11 is 0. The molecule has 116 valence electrons. The number of carboxylic acids is 1. The number of carbonyl (C=O) groups is 1. The molecule has 3 atom stereocenters. The standard InChI is InChI=1S/C18H21NO3/c1-12(11-13-7-9-15(10-8-13)18(21)22)16(19)17(20)14-5-3-2-4-6-14/h2-10,12,16-17,20H,11,19H2,1H3,(H,21,22). The van der Waals surface area contributed by atoms with Gasteiger partial charge in [-0.2, -0.15) is 0 Å². The Labute approximate surface area is 130 Å². The highest BCUT2D eigenvalue weighted by molar-refractivity contribution is 5.87. The maximum atomic E-state index is 10.8. The molecule has 0 amide bonds. The summed E-state index contributed by atoms with van der Waals surface area (Å²) in [4.78, 5) is 10.8. The first-order valence-corrected chi connectivity index (χ1v) is 7.30. The molecule has 4 nitrogen and oxygen atoms in total. The van der Waals surface area contributed by atoms with Gasteiger partial charge in [0.15, 0.2) is 0 Å². The number of aliphatic hydroxyl groups is 1. The molecule has 0 aromatic heterocycles. The molecule has 2 aromatic carbocycles. The quantitative estimate of drug-likeness (QED) is 0.765. The van der Waals surface area contributed by atoms with Gasteiger partial charge in [0.1, 0.15) is 0 Å². The Kier molecular flexibility index (Phi) is 5.31. The fourth-order valence-electron chi connectivity index (χ4n) is 2.47. The van der Waals surface area contributed by atoms with Gasteiger partial charge in [-0.25, -0.2) is 4.79 Å². The summed E-state index contributed by atoms with van der Waals surface area (Å²) in [6.45, 7) is 1.99. The lowest BCUT2D eigenvalue weighted by molar-refractivity contribution is 0.0697. The Balaban J connectivity index is 2.01. The van der Waals surface area contributed by atoms with Gasteiger partial charge in [-0.05, 0) is 35.6 Å². The molecule has 0 aliphatic heterocycles. The van der Waals surface area contributed by atoms with Crippen LogP contribution < -0.4 is 5.73 Å². The lowest BCUT2D eigenvalue weighted by Gasteiger charge is -2.25. The molecule has 4 N–H and O–H groups in total. The van der Waals surface area contributed by atoms with Crippen molar-refractivity contribution in [3.63, 3.8) is 0 Å². The third-order valence-corrected chi connectivity index (χ3v) is 3.92. The van der Waals surface area contributed by atoms with Crippen LogP contribution in [0.1, 0.15) is 34.5 Å². The molecule has 2 aromatic rings. The van der Waals surface area contributed by atoms with Crippen LogP contribution in [0.2, 0.25) is 0 Å². The summed E-state index contributed by atoms with van der Waals surface area (Å²) in [5.74, 6) is -0.873. The van der Waals surface area contributed by atoms with Gasteiger partial charge in [0, 0.05) is 6.04 Å². The highest BCUT2D eigenvalue weighted by Gasteiger charge is 2.22. The predicted molar refractivity (Wildman–Crippen MR) is 85.6 cm³/mol. The molecule has 0 saturated carbocycles. The molecular weight excluding hydrogens is 278 g/mol. The van der Waals surface area contributed by atoms with Gasteiger partial charge < -0.3 is 15.9 Å². The SMILES string of the molecule is CC(Cc1ccc(C(=O)O)cc1)C(N)C(O)c1ccccc1. The molecule has 0 spiro atoms. The normalized spacial score (nSPS) is 15.0. The van der Waals surface area contributed by atoms with Crippen LogP contribution >= 0.6 is 0 Å². The average Bonchev–Trinajstić information content (AvgIpc) is 2.54. The number of benzene rings is 2. The van der Waals surface area contributed by atoms with Crippen molar-refractivity contribution < 1.29 is 15.0 Å². The van der Waals surface area contributed by atoms with Crippen molar-refractivity contribution in [2.75, 3.05) is 0 Å². The summed E-state index contributed by atoms with van der Waals surface area (Å²) in [5.41, 5.74) is 8.26. The first kappa shape index (κ1) is 16.2. The van der Waals surface area contributed by atoms with Crippen molar-refractivity contribution in [3.8, 4) is 0 Å². The van der Waals surface area contributed by atoms with E-state index in [0.717, 1.165) is 11.1 Å². The summed E-state index contributed by atoms with van der Waals surface area (Å²) in [7, 11) is 0. The second-order valence-electron chi connectivity index (χ2n) is 5.62. The lowest BCUT2D eigenvalue weighted by atomic mass is 9.88. The molecule has 0 fully saturated rings. The smallest absolute Gasteiger partial charge is 0.335 e. The number of carboxylic acid groups (broad SMARTS) is 1. The van der Waals surface area contributed by atoms with Gasteiger partial charge in [0.05, 0.1) is 11.7 Å². The van der Waals surface area contributed by atoms with Crippen LogP contribution in [-0.4, -0.2) is 22.2 Å². The van der Waals surface area contributed by atoms with Crippen LogP contribution in [0.5, 0.6) is 0 Å². The van der Waals surface area contributed by atoms with Crippen molar-refractivity contribution in [2.45, 2.75) is 25.5 Å². The molecule has 0 aliphatic rings. The second kappa shape index (κ2) is 7.20. The van der Waals surface area contributed by atoms with Crippen LogP contribution in [-0.2, 0) is 6.42 Å². The van der Waals surface area contributed by atoms with Crippen molar-refractivity contribution >= 4 is 5.97 Å². The molecule has 3 unspecified atom stereocenters. The van der Waals surface area contributed by atoms with E-state index in [2.05, 4.69) is 0 Å². The fourth-order valence-corrected chi connectivity index (χ4v) is 2.47. The lowest BCUT2D eigenvalue weighted by Crippen LogP contribution is -2.36. The van der Waals surface area contributed by atoms with Crippen LogP contribution in [0.3, 0.4) is 0 Å². The van der Waals surface area contributed by atoms with E-state index >= 15 is 0 Å². The third kappa shape index (κ3) is 3.93. The largest absolute Gasteiger partial charge is 0.478 e. The van der Waals surface area contributed by atoms with Gasteiger partial charge in [-0.3, -0.25) is 0 Å². The molecular formula is C18H21NO3. The van der Waals surface area contributed by atoms with E-state index in [-0.39, 0.29) is 17.5 Å². The highest BCUT2D eigenvalue weighted by Crippen LogP contribution is 2.22. The van der Waals surface area contributed by atoms with Crippen LogP contribution in [0, 0.1) is 5.92 Å².